The summed E-state index contributed by atoms with van der Waals surface area (Å²) >= 11 is 0. The molecule has 2 aliphatic heterocycles. The Balaban J connectivity index is 1.48. The van der Waals surface area contributed by atoms with E-state index in [1.54, 1.807) is 6.07 Å². The molecule has 1 aliphatic carbocycles. The average molecular weight is 500 g/mol. The molecule has 1 saturated carbocycles. The van der Waals surface area contributed by atoms with Gasteiger partial charge in [-0.05, 0) is 56.4 Å². The van der Waals surface area contributed by atoms with Gasteiger partial charge >= 0.3 is 0 Å². The Morgan fingerprint density at radius 3 is 2.60 bits per heavy atom. The van der Waals surface area contributed by atoms with Gasteiger partial charge in [-0.15, -0.1) is 0 Å². The molecule has 0 amide bonds. The zero-order valence-electron chi connectivity index (χ0n) is 19.2. The number of pyridine rings is 1. The van der Waals surface area contributed by atoms with E-state index in [4.69, 9.17) is 10.5 Å². The number of sulfonamides is 1. The lowest BCUT2D eigenvalue weighted by Crippen LogP contribution is -2.63. The normalized spacial score (nSPS) is 24.0. The molecular formula is C24H26FN5O4S. The molecule has 4 heterocycles. The molecule has 11 heteroatoms. The number of aryl methyl sites for hydroxylation is 1. The van der Waals surface area contributed by atoms with Crippen LogP contribution in [0.15, 0.2) is 47.8 Å². The number of nitrogen functional groups attached to an aromatic ring is 1. The molecule has 3 fully saturated rings. The van der Waals surface area contributed by atoms with Crippen LogP contribution < -0.4 is 10.5 Å². The molecule has 0 atom stereocenters. The summed E-state index contributed by atoms with van der Waals surface area (Å²) < 4.78 is 49.8. The Morgan fingerprint density at radius 2 is 1.94 bits per heavy atom. The monoisotopic (exact) mass is 499 g/mol. The number of ether oxygens (including phenoxy) is 1. The van der Waals surface area contributed by atoms with Crippen molar-refractivity contribution < 1.29 is 22.7 Å². The molecule has 184 valence electrons. The molecule has 0 unspecified atom stereocenters. The Kier molecular flexibility index (Phi) is 5.83. The molecular weight excluding hydrogens is 473 g/mol. The van der Waals surface area contributed by atoms with Crippen LogP contribution in [0.3, 0.4) is 0 Å². The number of nitrogens with two attached hydrogens (primary N) is 1. The number of benzene rings is 1. The van der Waals surface area contributed by atoms with Crippen LogP contribution in [0.2, 0.25) is 0 Å². The summed E-state index contributed by atoms with van der Waals surface area (Å²) in [6.07, 6.45) is 6.32. The summed E-state index contributed by atoms with van der Waals surface area (Å²) in [5, 5.41) is 9.64. The lowest BCUT2D eigenvalue weighted by atomic mass is 9.72. The SMILES string of the molecule is Cc1ccc(S(=O)(=O)NC23CCC(CO)(CC2)OC3)cc1-c1cnc(N)c(-c2ccncc2F)n1. The fourth-order valence-corrected chi connectivity index (χ4v) is 6.25. The second-order valence-corrected chi connectivity index (χ2v) is 11.0. The predicted molar refractivity (Wildman–Crippen MR) is 127 cm³/mol. The quantitative estimate of drug-likeness (QED) is 0.470. The molecule has 35 heavy (non-hydrogen) atoms. The Labute approximate surface area is 202 Å². The molecule has 2 saturated heterocycles. The number of fused-ring (bicyclic) bond motifs is 3. The Hall–Kier alpha value is -2.99. The summed E-state index contributed by atoms with van der Waals surface area (Å²) in [5.41, 5.74) is 6.70. The first-order chi connectivity index (χ1) is 16.7. The highest BCUT2D eigenvalue weighted by atomic mass is 32.2. The molecule has 1 aromatic carbocycles. The van der Waals surface area contributed by atoms with E-state index in [0.717, 1.165) is 11.8 Å². The van der Waals surface area contributed by atoms with E-state index < -0.39 is 27.0 Å². The van der Waals surface area contributed by atoms with Crippen LogP contribution in [-0.2, 0) is 14.8 Å². The van der Waals surface area contributed by atoms with E-state index in [1.165, 1.54) is 30.6 Å². The standard InChI is InChI=1S/C24H26FN5O4S/c1-15-2-3-16(35(32,33)30-23-5-7-24(13-31,8-6-23)34-14-23)10-18(15)20-12-28-22(26)21(29-20)17-4-9-27-11-19(17)25/h2-4,9-12,30-31H,5-8,13-14H2,1H3,(H2,26,28). The van der Waals surface area contributed by atoms with Gasteiger partial charge in [0.2, 0.25) is 10.0 Å². The average Bonchev–Trinajstić information content (AvgIpc) is 2.86. The fourth-order valence-electron chi connectivity index (χ4n) is 4.78. The van der Waals surface area contributed by atoms with Crippen LogP contribution in [0.4, 0.5) is 10.2 Å². The number of halogens is 1. The second-order valence-electron chi connectivity index (χ2n) is 9.34. The molecule has 0 spiro atoms. The number of aromatic nitrogens is 3. The first kappa shape index (κ1) is 23.7. The molecule has 9 nitrogen and oxygen atoms in total. The van der Waals surface area contributed by atoms with Gasteiger partial charge < -0.3 is 15.6 Å². The van der Waals surface area contributed by atoms with Gasteiger partial charge in [-0.1, -0.05) is 6.07 Å². The van der Waals surface area contributed by atoms with Crippen LogP contribution in [0.25, 0.3) is 22.5 Å². The number of rotatable bonds is 6. The molecule has 3 aliphatic rings. The fraction of sp³-hybridized carbons (Fsp3) is 0.375. The number of anilines is 1. The van der Waals surface area contributed by atoms with Crippen molar-refractivity contribution in [3.63, 3.8) is 0 Å². The molecule has 6 rings (SSSR count). The zero-order valence-corrected chi connectivity index (χ0v) is 20.0. The van der Waals surface area contributed by atoms with Gasteiger partial charge in [-0.3, -0.25) is 4.98 Å². The smallest absolute Gasteiger partial charge is 0.241 e. The van der Waals surface area contributed by atoms with E-state index in [2.05, 4.69) is 19.7 Å². The van der Waals surface area contributed by atoms with Crippen molar-refractivity contribution in [2.24, 2.45) is 0 Å². The van der Waals surface area contributed by atoms with Gasteiger partial charge in [-0.25, -0.2) is 27.5 Å². The third-order valence-corrected chi connectivity index (χ3v) is 8.61. The minimum absolute atomic E-state index is 0.0506. The lowest BCUT2D eigenvalue weighted by Gasteiger charge is -2.52. The summed E-state index contributed by atoms with van der Waals surface area (Å²) in [7, 11) is -3.89. The maximum absolute atomic E-state index is 14.3. The maximum Gasteiger partial charge on any atom is 0.241 e. The van der Waals surface area contributed by atoms with Gasteiger partial charge in [0.1, 0.15) is 11.5 Å². The van der Waals surface area contributed by atoms with Crippen LogP contribution in [0.1, 0.15) is 31.2 Å². The first-order valence-electron chi connectivity index (χ1n) is 11.3. The third kappa shape index (κ3) is 4.29. The Bertz CT molecular complexity index is 1370. The molecule has 4 N–H and O–H groups in total. The van der Waals surface area contributed by atoms with Gasteiger partial charge in [0.25, 0.3) is 0 Å². The van der Waals surface area contributed by atoms with Crippen molar-refractivity contribution in [3.8, 4) is 22.5 Å². The van der Waals surface area contributed by atoms with E-state index in [1.807, 2.05) is 6.92 Å². The first-order valence-corrected chi connectivity index (χ1v) is 12.8. The summed E-state index contributed by atoms with van der Waals surface area (Å²) in [4.78, 5) is 12.5. The largest absolute Gasteiger partial charge is 0.393 e. The molecule has 2 aromatic heterocycles. The second kappa shape index (κ2) is 8.59. The predicted octanol–water partition coefficient (Wildman–Crippen LogP) is 2.59. The van der Waals surface area contributed by atoms with Crippen LogP contribution >= 0.6 is 0 Å². The lowest BCUT2D eigenvalue weighted by molar-refractivity contribution is -0.175. The molecule has 0 radical (unpaired) electrons. The van der Waals surface area contributed by atoms with Crippen molar-refractivity contribution in [2.45, 2.75) is 48.6 Å². The molecule has 3 aromatic rings. The van der Waals surface area contributed by atoms with Gasteiger partial charge in [0.05, 0.1) is 47.3 Å². The van der Waals surface area contributed by atoms with Crippen LogP contribution in [-0.4, -0.2) is 52.8 Å². The number of hydrogen-bond acceptors (Lipinski definition) is 8. The van der Waals surface area contributed by atoms with Crippen molar-refractivity contribution in [2.75, 3.05) is 18.9 Å². The summed E-state index contributed by atoms with van der Waals surface area (Å²) in [6.45, 7) is 1.98. The number of aliphatic hydroxyl groups excluding tert-OH is 1. The zero-order chi connectivity index (χ0) is 24.8. The number of hydrogen-bond donors (Lipinski definition) is 3. The topological polar surface area (TPSA) is 140 Å². The van der Waals surface area contributed by atoms with Crippen molar-refractivity contribution in [1.82, 2.24) is 19.7 Å². The van der Waals surface area contributed by atoms with Gasteiger partial charge in [0.15, 0.2) is 5.82 Å². The van der Waals surface area contributed by atoms with Gasteiger partial charge in [-0.2, -0.15) is 0 Å². The highest BCUT2D eigenvalue weighted by molar-refractivity contribution is 7.89. The minimum Gasteiger partial charge on any atom is -0.393 e. The van der Waals surface area contributed by atoms with Crippen molar-refractivity contribution in [1.29, 1.82) is 0 Å². The van der Waals surface area contributed by atoms with Gasteiger partial charge in [0, 0.05) is 17.3 Å². The Morgan fingerprint density at radius 1 is 1.17 bits per heavy atom. The third-order valence-electron chi connectivity index (χ3n) is 7.04. The van der Waals surface area contributed by atoms with E-state index in [0.29, 0.717) is 36.9 Å². The number of nitrogens with one attached hydrogen (secondary N) is 1. The number of aliphatic hydroxyl groups is 1. The number of nitrogens with zero attached hydrogens (tertiary/aromatic N) is 3. The minimum atomic E-state index is -3.89. The van der Waals surface area contributed by atoms with E-state index >= 15 is 0 Å². The summed E-state index contributed by atoms with van der Waals surface area (Å²) in [5.74, 6) is -0.538. The van der Waals surface area contributed by atoms with E-state index in [9.17, 15) is 17.9 Å². The molecule has 2 bridgehead atoms. The highest BCUT2D eigenvalue weighted by Crippen LogP contribution is 2.44. The summed E-state index contributed by atoms with van der Waals surface area (Å²) in [6, 6.07) is 6.22. The van der Waals surface area contributed by atoms with Crippen LogP contribution in [0, 0.1) is 12.7 Å². The highest BCUT2D eigenvalue weighted by Gasteiger charge is 2.51. The van der Waals surface area contributed by atoms with Crippen LogP contribution in [0.5, 0.6) is 0 Å². The van der Waals surface area contributed by atoms with Crippen molar-refractivity contribution in [3.05, 3.63) is 54.2 Å². The van der Waals surface area contributed by atoms with Crippen molar-refractivity contribution >= 4 is 15.8 Å². The maximum atomic E-state index is 14.3. The van der Waals surface area contributed by atoms with E-state index in [-0.39, 0.29) is 35.2 Å².